The molecule has 118 valence electrons. The average molecular weight is 318 g/mol. The summed E-state index contributed by atoms with van der Waals surface area (Å²) in [6.07, 6.45) is 0.854. The molecular weight excluding hydrogens is 304 g/mol. The van der Waals surface area contributed by atoms with E-state index in [9.17, 15) is 15.2 Å². The van der Waals surface area contributed by atoms with Gasteiger partial charge < -0.3 is 10.4 Å². The second-order valence-electron chi connectivity index (χ2n) is 6.34. The number of nitrogens with zero attached hydrogens (tertiary/aromatic N) is 3. The maximum absolute atomic E-state index is 12.9. The van der Waals surface area contributed by atoms with Gasteiger partial charge in [-0.25, -0.2) is 9.36 Å². The Morgan fingerprint density at radius 3 is 2.75 bits per heavy atom. The van der Waals surface area contributed by atoms with Crippen LogP contribution in [-0.4, -0.2) is 20.8 Å². The Balaban J connectivity index is 1.85. The number of nitriles is 1. The Morgan fingerprint density at radius 2 is 2.00 bits per heavy atom. The summed E-state index contributed by atoms with van der Waals surface area (Å²) in [4.78, 5) is 12.9. The molecule has 1 aromatic heterocycles. The van der Waals surface area contributed by atoms with E-state index < -0.39 is 0 Å². The largest absolute Gasteiger partial charge is 0.493 e. The van der Waals surface area contributed by atoms with Crippen molar-refractivity contribution in [3.8, 4) is 17.6 Å². The summed E-state index contributed by atoms with van der Waals surface area (Å²) in [5.74, 6) is -0.00504. The minimum Gasteiger partial charge on any atom is -0.493 e. The monoisotopic (exact) mass is 318 g/mol. The lowest BCUT2D eigenvalue weighted by molar-refractivity contribution is 0.425. The molecule has 0 unspecified atom stereocenters. The average Bonchev–Trinajstić information content (AvgIpc) is 3.28. The summed E-state index contributed by atoms with van der Waals surface area (Å²) in [5.41, 5.74) is 1.61. The third-order valence-corrected chi connectivity index (χ3v) is 5.16. The van der Waals surface area contributed by atoms with Gasteiger partial charge in [-0.2, -0.15) is 5.26 Å². The van der Waals surface area contributed by atoms with Gasteiger partial charge in [0.25, 0.3) is 0 Å². The third-order valence-electron chi connectivity index (χ3n) is 5.16. The van der Waals surface area contributed by atoms with E-state index in [1.54, 1.807) is 16.7 Å². The van der Waals surface area contributed by atoms with E-state index in [-0.39, 0.29) is 23.7 Å². The molecule has 2 aliphatic heterocycles. The molecule has 0 spiro atoms. The van der Waals surface area contributed by atoms with Crippen LogP contribution in [-0.2, 0) is 0 Å². The van der Waals surface area contributed by atoms with Crippen molar-refractivity contribution in [1.82, 2.24) is 14.5 Å². The van der Waals surface area contributed by atoms with Gasteiger partial charge in [0, 0.05) is 17.3 Å². The first-order valence-electron chi connectivity index (χ1n) is 7.92. The van der Waals surface area contributed by atoms with Crippen molar-refractivity contribution in [3.63, 3.8) is 0 Å². The molecule has 2 N–H and O–H groups in total. The molecule has 3 aromatic rings. The maximum atomic E-state index is 12.9. The van der Waals surface area contributed by atoms with Crippen molar-refractivity contribution in [2.75, 3.05) is 6.54 Å². The first kappa shape index (κ1) is 13.4. The van der Waals surface area contributed by atoms with Crippen LogP contribution in [0.1, 0.15) is 29.8 Å². The predicted octanol–water partition coefficient (Wildman–Crippen LogP) is 1.96. The fraction of sp³-hybridized carbons (Fsp3) is 0.222. The van der Waals surface area contributed by atoms with Crippen LogP contribution in [0.4, 0.5) is 0 Å². The molecule has 2 atom stereocenters. The number of imidazole rings is 1. The smallest absolute Gasteiger partial charge is 0.336 e. The zero-order valence-corrected chi connectivity index (χ0v) is 12.7. The Labute approximate surface area is 137 Å². The third kappa shape index (κ3) is 1.49. The topological polar surface area (TPSA) is 83.0 Å². The molecule has 6 nitrogen and oxygen atoms in total. The Bertz CT molecular complexity index is 1100. The highest BCUT2D eigenvalue weighted by atomic mass is 16.3. The highest BCUT2D eigenvalue weighted by molar-refractivity contribution is 5.94. The zero-order chi connectivity index (χ0) is 16.4. The number of aromatic nitrogens is 2. The van der Waals surface area contributed by atoms with Crippen LogP contribution in [0.5, 0.6) is 5.88 Å². The second-order valence-corrected chi connectivity index (χ2v) is 6.34. The van der Waals surface area contributed by atoms with E-state index in [0.29, 0.717) is 16.9 Å². The van der Waals surface area contributed by atoms with Crippen molar-refractivity contribution >= 4 is 10.8 Å². The lowest BCUT2D eigenvalue weighted by atomic mass is 10.0. The Morgan fingerprint density at radius 1 is 1.21 bits per heavy atom. The standard InChI is InChI=1S/C18H14N4O2/c19-8-10-5-6-15(13-4-2-1-3-12(10)13)22-17(23)16-14-7-11(9-20-14)21(16)18(22)24/h1-6,11,14,20,23H,7,9H2/t11-,14-/m1/s1. The van der Waals surface area contributed by atoms with Crippen LogP contribution in [0.25, 0.3) is 16.5 Å². The van der Waals surface area contributed by atoms with E-state index in [4.69, 9.17) is 0 Å². The van der Waals surface area contributed by atoms with Gasteiger partial charge in [-0.15, -0.1) is 0 Å². The van der Waals surface area contributed by atoms with Gasteiger partial charge in [0.1, 0.15) is 5.69 Å². The summed E-state index contributed by atoms with van der Waals surface area (Å²) < 4.78 is 3.08. The molecular formula is C18H14N4O2. The van der Waals surface area contributed by atoms with E-state index in [1.807, 2.05) is 24.3 Å². The molecule has 5 rings (SSSR count). The first-order chi connectivity index (χ1) is 11.7. The molecule has 2 aliphatic rings. The maximum Gasteiger partial charge on any atom is 0.336 e. The van der Waals surface area contributed by atoms with E-state index >= 15 is 0 Å². The van der Waals surface area contributed by atoms with Crippen LogP contribution in [0.3, 0.4) is 0 Å². The lowest BCUT2D eigenvalue weighted by Gasteiger charge is -2.13. The van der Waals surface area contributed by atoms with Crippen LogP contribution >= 0.6 is 0 Å². The molecule has 2 bridgehead atoms. The minimum absolute atomic E-state index is 0.00504. The number of hydrogen-bond donors (Lipinski definition) is 2. The van der Waals surface area contributed by atoms with Gasteiger partial charge in [0.05, 0.1) is 29.4 Å². The van der Waals surface area contributed by atoms with E-state index in [1.165, 1.54) is 4.57 Å². The highest BCUT2D eigenvalue weighted by Crippen LogP contribution is 2.43. The van der Waals surface area contributed by atoms with Crippen LogP contribution in [0.2, 0.25) is 0 Å². The highest BCUT2D eigenvalue weighted by Gasteiger charge is 2.42. The zero-order valence-electron chi connectivity index (χ0n) is 12.7. The molecule has 1 saturated heterocycles. The summed E-state index contributed by atoms with van der Waals surface area (Å²) in [5, 5.41) is 24.9. The normalized spacial score (nSPS) is 21.1. The molecule has 1 fully saturated rings. The van der Waals surface area contributed by atoms with Gasteiger partial charge in [0.15, 0.2) is 0 Å². The second kappa shape index (κ2) is 4.49. The molecule has 0 radical (unpaired) electrons. The van der Waals surface area contributed by atoms with E-state index in [2.05, 4.69) is 11.4 Å². The minimum atomic E-state index is -0.216. The van der Waals surface area contributed by atoms with Gasteiger partial charge >= 0.3 is 5.69 Å². The molecule has 3 heterocycles. The number of fused-ring (bicyclic) bond motifs is 6. The summed E-state index contributed by atoms with van der Waals surface area (Å²) >= 11 is 0. The van der Waals surface area contributed by atoms with E-state index in [0.717, 1.165) is 23.7 Å². The first-order valence-corrected chi connectivity index (χ1v) is 7.92. The molecule has 0 saturated carbocycles. The summed E-state index contributed by atoms with van der Waals surface area (Å²) in [7, 11) is 0. The van der Waals surface area contributed by atoms with Crippen molar-refractivity contribution in [2.45, 2.75) is 18.5 Å². The fourth-order valence-electron chi connectivity index (χ4n) is 4.12. The van der Waals surface area contributed by atoms with Crippen LogP contribution < -0.4 is 11.0 Å². The number of benzene rings is 2. The van der Waals surface area contributed by atoms with Gasteiger partial charge in [0.2, 0.25) is 5.88 Å². The van der Waals surface area contributed by atoms with Crippen molar-refractivity contribution < 1.29 is 5.11 Å². The number of rotatable bonds is 1. The van der Waals surface area contributed by atoms with Gasteiger partial charge in [-0.05, 0) is 18.6 Å². The lowest BCUT2D eigenvalue weighted by Crippen LogP contribution is -2.31. The molecule has 0 aliphatic carbocycles. The molecule has 0 amide bonds. The SMILES string of the molecule is N#Cc1ccc(-n2c(O)c3n(c2=O)[C@H]2CN[C@@H]3C2)c2ccccc12. The quantitative estimate of drug-likeness (QED) is 0.718. The van der Waals surface area contributed by atoms with Crippen LogP contribution in [0.15, 0.2) is 41.2 Å². The molecule has 6 heteroatoms. The predicted molar refractivity (Wildman–Crippen MR) is 88.3 cm³/mol. The summed E-state index contributed by atoms with van der Waals surface area (Å²) in [6.45, 7) is 0.759. The summed E-state index contributed by atoms with van der Waals surface area (Å²) in [6, 6.07) is 13.2. The molecule has 24 heavy (non-hydrogen) atoms. The number of nitrogens with one attached hydrogen (secondary N) is 1. The number of hydrogen-bond acceptors (Lipinski definition) is 4. The van der Waals surface area contributed by atoms with Crippen molar-refractivity contribution in [1.29, 1.82) is 5.26 Å². The van der Waals surface area contributed by atoms with Crippen LogP contribution in [0, 0.1) is 11.3 Å². The number of aromatic hydroxyl groups is 1. The van der Waals surface area contributed by atoms with Crippen molar-refractivity contribution in [3.05, 3.63) is 58.1 Å². The Kier molecular flexibility index (Phi) is 2.51. The Hall–Kier alpha value is -3.04. The van der Waals surface area contributed by atoms with Crippen molar-refractivity contribution in [2.24, 2.45) is 0 Å². The van der Waals surface area contributed by atoms with Gasteiger partial charge in [-0.1, -0.05) is 24.3 Å². The fourth-order valence-corrected chi connectivity index (χ4v) is 4.12. The van der Waals surface area contributed by atoms with Gasteiger partial charge in [-0.3, -0.25) is 4.57 Å². The molecule has 2 aromatic carbocycles.